The van der Waals surface area contributed by atoms with Crippen LogP contribution in [0.5, 0.6) is 0 Å². The molecule has 0 atom stereocenters. The van der Waals surface area contributed by atoms with E-state index in [4.69, 9.17) is 9.26 Å². The Kier molecular flexibility index (Phi) is 4.08. The van der Waals surface area contributed by atoms with Gasteiger partial charge in [0, 0.05) is 17.3 Å². The number of aromatic nitrogens is 2. The monoisotopic (exact) mass is 324 g/mol. The van der Waals surface area contributed by atoms with Gasteiger partial charge in [-0.1, -0.05) is 30.4 Å². The number of ether oxygens (including phenoxy) is 1. The highest BCUT2D eigenvalue weighted by molar-refractivity contribution is 5.87. The number of hydrogen-bond acceptors (Lipinski definition) is 3. The SMILES string of the molecule is C=C(OC)c1cc(C(=C)c2c(-c3ccccc3F)noc2C)c[nH]1. The highest BCUT2D eigenvalue weighted by atomic mass is 19.1. The van der Waals surface area contributed by atoms with E-state index in [0.717, 1.165) is 11.3 Å². The number of hydrogen-bond donors (Lipinski definition) is 1. The van der Waals surface area contributed by atoms with Gasteiger partial charge in [0.25, 0.3) is 0 Å². The van der Waals surface area contributed by atoms with E-state index >= 15 is 0 Å². The molecule has 2 heterocycles. The summed E-state index contributed by atoms with van der Waals surface area (Å²) >= 11 is 0. The quantitative estimate of drug-likeness (QED) is 0.686. The lowest BCUT2D eigenvalue weighted by Crippen LogP contribution is -1.91. The number of H-pyrrole nitrogens is 1. The Morgan fingerprint density at radius 1 is 1.29 bits per heavy atom. The largest absolute Gasteiger partial charge is 0.495 e. The molecule has 3 rings (SSSR count). The van der Waals surface area contributed by atoms with Crippen LogP contribution in [-0.4, -0.2) is 17.3 Å². The Morgan fingerprint density at radius 3 is 2.75 bits per heavy atom. The number of nitrogens with one attached hydrogen (secondary N) is 1. The van der Waals surface area contributed by atoms with E-state index in [0.29, 0.717) is 33.9 Å². The molecule has 0 amide bonds. The van der Waals surface area contributed by atoms with Gasteiger partial charge in [-0.2, -0.15) is 0 Å². The Bertz CT molecular complexity index is 921. The zero-order valence-electron chi connectivity index (χ0n) is 13.5. The zero-order valence-corrected chi connectivity index (χ0v) is 13.5. The van der Waals surface area contributed by atoms with Gasteiger partial charge in [0.15, 0.2) is 0 Å². The van der Waals surface area contributed by atoms with Crippen molar-refractivity contribution in [3.63, 3.8) is 0 Å². The van der Waals surface area contributed by atoms with Gasteiger partial charge in [-0.05, 0) is 30.7 Å². The molecular weight excluding hydrogens is 307 g/mol. The third kappa shape index (κ3) is 2.65. The molecule has 0 spiro atoms. The zero-order chi connectivity index (χ0) is 17.3. The first-order chi connectivity index (χ1) is 11.5. The normalized spacial score (nSPS) is 10.6. The number of halogens is 1. The number of methoxy groups -OCH3 is 1. The summed E-state index contributed by atoms with van der Waals surface area (Å²) in [5.74, 6) is 0.736. The van der Waals surface area contributed by atoms with E-state index in [9.17, 15) is 4.39 Å². The first kappa shape index (κ1) is 15.8. The van der Waals surface area contributed by atoms with Gasteiger partial charge in [-0.3, -0.25) is 0 Å². The van der Waals surface area contributed by atoms with Crippen molar-refractivity contribution in [3.05, 3.63) is 78.1 Å². The van der Waals surface area contributed by atoms with Gasteiger partial charge in [-0.15, -0.1) is 0 Å². The highest BCUT2D eigenvalue weighted by Gasteiger charge is 2.21. The second kappa shape index (κ2) is 6.20. The molecule has 0 saturated carbocycles. The summed E-state index contributed by atoms with van der Waals surface area (Å²) in [5.41, 5.74) is 3.74. The van der Waals surface area contributed by atoms with Crippen molar-refractivity contribution in [1.29, 1.82) is 0 Å². The number of benzene rings is 1. The van der Waals surface area contributed by atoms with Crippen LogP contribution in [0.3, 0.4) is 0 Å². The smallest absolute Gasteiger partial charge is 0.142 e. The molecule has 1 aromatic carbocycles. The van der Waals surface area contributed by atoms with Crippen molar-refractivity contribution in [1.82, 2.24) is 10.1 Å². The lowest BCUT2D eigenvalue weighted by molar-refractivity contribution is 0.370. The van der Waals surface area contributed by atoms with Crippen LogP contribution in [0.25, 0.3) is 22.6 Å². The molecule has 24 heavy (non-hydrogen) atoms. The minimum absolute atomic E-state index is 0.359. The van der Waals surface area contributed by atoms with E-state index in [-0.39, 0.29) is 5.82 Å². The van der Waals surface area contributed by atoms with Crippen molar-refractivity contribution < 1.29 is 13.7 Å². The third-order valence-corrected chi connectivity index (χ3v) is 3.87. The molecule has 0 unspecified atom stereocenters. The fourth-order valence-electron chi connectivity index (χ4n) is 2.55. The van der Waals surface area contributed by atoms with Gasteiger partial charge in [-0.25, -0.2) is 4.39 Å². The summed E-state index contributed by atoms with van der Waals surface area (Å²) in [4.78, 5) is 3.08. The van der Waals surface area contributed by atoms with E-state index in [1.54, 1.807) is 38.4 Å². The molecule has 0 fully saturated rings. The van der Waals surface area contributed by atoms with Crippen LogP contribution in [0.1, 0.15) is 22.6 Å². The second-order valence-corrected chi connectivity index (χ2v) is 5.35. The fourth-order valence-corrected chi connectivity index (χ4v) is 2.55. The summed E-state index contributed by atoms with van der Waals surface area (Å²) < 4.78 is 24.6. The molecule has 4 nitrogen and oxygen atoms in total. The van der Waals surface area contributed by atoms with Gasteiger partial charge in [0.05, 0.1) is 18.4 Å². The molecule has 5 heteroatoms. The maximum atomic E-state index is 14.1. The van der Waals surface area contributed by atoms with Crippen molar-refractivity contribution in [2.75, 3.05) is 7.11 Å². The van der Waals surface area contributed by atoms with Gasteiger partial charge in [0.2, 0.25) is 0 Å². The van der Waals surface area contributed by atoms with E-state index in [1.165, 1.54) is 6.07 Å². The van der Waals surface area contributed by atoms with Crippen LogP contribution >= 0.6 is 0 Å². The van der Waals surface area contributed by atoms with Crippen LogP contribution in [0.4, 0.5) is 4.39 Å². The molecule has 0 aliphatic heterocycles. The van der Waals surface area contributed by atoms with E-state index in [1.807, 2.05) is 6.07 Å². The van der Waals surface area contributed by atoms with E-state index < -0.39 is 0 Å². The predicted octanol–water partition coefficient (Wildman–Crippen LogP) is 4.80. The first-order valence-electron chi connectivity index (χ1n) is 7.35. The molecule has 0 radical (unpaired) electrons. The maximum Gasteiger partial charge on any atom is 0.142 e. The average molecular weight is 324 g/mol. The summed E-state index contributed by atoms with van der Waals surface area (Å²) in [6, 6.07) is 8.31. The molecule has 3 aromatic rings. The van der Waals surface area contributed by atoms with Gasteiger partial charge in [0.1, 0.15) is 23.0 Å². The van der Waals surface area contributed by atoms with Crippen molar-refractivity contribution >= 4 is 11.3 Å². The Morgan fingerprint density at radius 2 is 2.04 bits per heavy atom. The van der Waals surface area contributed by atoms with Crippen LogP contribution in [0.15, 0.2) is 54.2 Å². The van der Waals surface area contributed by atoms with Crippen LogP contribution < -0.4 is 0 Å². The molecule has 0 aliphatic carbocycles. The van der Waals surface area contributed by atoms with Crippen LogP contribution in [-0.2, 0) is 4.74 Å². The summed E-state index contributed by atoms with van der Waals surface area (Å²) in [7, 11) is 1.55. The average Bonchev–Trinajstić information content (AvgIpc) is 3.21. The fraction of sp³-hybridized carbons (Fsp3) is 0.105. The molecular formula is C19H17FN2O2. The summed E-state index contributed by atoms with van der Waals surface area (Å²) in [6.07, 6.45) is 1.79. The van der Waals surface area contributed by atoms with Crippen LogP contribution in [0.2, 0.25) is 0 Å². The molecule has 2 aromatic heterocycles. The van der Waals surface area contributed by atoms with E-state index in [2.05, 4.69) is 23.3 Å². The minimum atomic E-state index is -0.359. The molecule has 122 valence electrons. The summed E-state index contributed by atoms with van der Waals surface area (Å²) in [5, 5.41) is 4.02. The Hall–Kier alpha value is -3.08. The number of aryl methyl sites for hydroxylation is 1. The molecule has 1 N–H and O–H groups in total. The Balaban J connectivity index is 2.05. The second-order valence-electron chi connectivity index (χ2n) is 5.35. The third-order valence-electron chi connectivity index (χ3n) is 3.87. The van der Waals surface area contributed by atoms with Crippen LogP contribution in [0, 0.1) is 12.7 Å². The maximum absolute atomic E-state index is 14.1. The minimum Gasteiger partial charge on any atom is -0.495 e. The standard InChI is InChI=1S/C19H17FN2O2/c1-11(14-9-17(21-10-14)12(2)23-4)18-13(3)24-22-19(18)15-7-5-6-8-16(15)20/h5-10,21H,1-2H2,3-4H3. The van der Waals surface area contributed by atoms with Crippen molar-refractivity contribution in [3.8, 4) is 11.3 Å². The number of aromatic amines is 1. The lowest BCUT2D eigenvalue weighted by Gasteiger charge is -2.06. The molecule has 0 saturated heterocycles. The lowest BCUT2D eigenvalue weighted by atomic mass is 9.96. The van der Waals surface area contributed by atoms with Crippen molar-refractivity contribution in [2.45, 2.75) is 6.92 Å². The summed E-state index contributed by atoms with van der Waals surface area (Å²) in [6.45, 7) is 9.72. The van der Waals surface area contributed by atoms with Crippen molar-refractivity contribution in [2.24, 2.45) is 0 Å². The Labute approximate surface area is 139 Å². The first-order valence-corrected chi connectivity index (χ1v) is 7.35. The number of nitrogens with zero attached hydrogens (tertiary/aromatic N) is 1. The number of rotatable bonds is 5. The highest BCUT2D eigenvalue weighted by Crippen LogP contribution is 2.35. The predicted molar refractivity (Wildman–Crippen MR) is 91.6 cm³/mol. The topological polar surface area (TPSA) is 51.1 Å². The van der Waals surface area contributed by atoms with Gasteiger partial charge >= 0.3 is 0 Å². The molecule has 0 aliphatic rings. The molecule has 0 bridgehead atoms. The van der Waals surface area contributed by atoms with Gasteiger partial charge < -0.3 is 14.2 Å².